The molecule has 0 aliphatic carbocycles. The number of nitrogens with one attached hydrogen (secondary N) is 1. The Morgan fingerprint density at radius 3 is 2.84 bits per heavy atom. The van der Waals surface area contributed by atoms with Gasteiger partial charge >= 0.3 is 0 Å². The number of piperidine rings is 1. The lowest BCUT2D eigenvalue weighted by Gasteiger charge is -2.23. The summed E-state index contributed by atoms with van der Waals surface area (Å²) in [5.41, 5.74) is 4.23. The molecule has 0 radical (unpaired) electrons. The van der Waals surface area contributed by atoms with Crippen molar-refractivity contribution in [2.45, 2.75) is 25.3 Å². The number of hydrogen-bond donors (Lipinski definition) is 1. The quantitative estimate of drug-likeness (QED) is 0.797. The molecule has 0 amide bonds. The molecule has 126 valence electrons. The zero-order valence-corrected chi connectivity index (χ0v) is 13.9. The Morgan fingerprint density at radius 2 is 2.08 bits per heavy atom. The normalized spacial score (nSPS) is 15.4. The molecule has 25 heavy (non-hydrogen) atoms. The van der Waals surface area contributed by atoms with Crippen molar-refractivity contribution in [1.29, 1.82) is 5.26 Å². The third kappa shape index (κ3) is 3.01. The van der Waals surface area contributed by atoms with E-state index < -0.39 is 0 Å². The molecule has 1 aliphatic rings. The molecule has 1 aliphatic heterocycles. The van der Waals surface area contributed by atoms with Gasteiger partial charge in [-0.3, -0.25) is 0 Å². The van der Waals surface area contributed by atoms with Crippen molar-refractivity contribution in [3.63, 3.8) is 0 Å². The van der Waals surface area contributed by atoms with Gasteiger partial charge in [0.15, 0.2) is 0 Å². The molecule has 4 rings (SSSR count). The summed E-state index contributed by atoms with van der Waals surface area (Å²) in [6.07, 6.45) is 4.03. The Kier molecular flexibility index (Phi) is 4.21. The lowest BCUT2D eigenvalue weighted by molar-refractivity contribution is 0.462. The van der Waals surface area contributed by atoms with E-state index in [0.29, 0.717) is 23.6 Å². The van der Waals surface area contributed by atoms with E-state index in [0.717, 1.165) is 37.0 Å². The zero-order valence-electron chi connectivity index (χ0n) is 13.9. The van der Waals surface area contributed by atoms with Gasteiger partial charge in [-0.15, -0.1) is 0 Å². The molecule has 0 saturated carbocycles. The standard InChI is InChI=1S/C20H19FN4/c21-18-10-14(11-22)4-5-16(18)12-25-13-24-20-17(2-1-3-19(20)25)15-6-8-23-9-7-15/h1-5,10,13,15,23H,6-9,12H2. The maximum Gasteiger partial charge on any atom is 0.129 e. The number of rotatable bonds is 3. The first-order chi connectivity index (χ1) is 12.3. The number of fused-ring (bicyclic) bond motifs is 1. The molecule has 0 atom stereocenters. The molecule has 3 aromatic rings. The maximum atomic E-state index is 14.2. The molecular formula is C20H19FN4. The average Bonchev–Trinajstić information content (AvgIpc) is 3.07. The lowest BCUT2D eigenvalue weighted by Crippen LogP contribution is -2.26. The van der Waals surface area contributed by atoms with Crippen LogP contribution in [0.5, 0.6) is 0 Å². The first-order valence-corrected chi connectivity index (χ1v) is 8.59. The van der Waals surface area contributed by atoms with E-state index in [2.05, 4.69) is 22.4 Å². The van der Waals surface area contributed by atoms with Crippen LogP contribution < -0.4 is 5.32 Å². The molecule has 1 N–H and O–H groups in total. The second-order valence-corrected chi connectivity index (χ2v) is 6.53. The van der Waals surface area contributed by atoms with E-state index in [1.54, 1.807) is 18.5 Å². The Labute approximate surface area is 145 Å². The van der Waals surface area contributed by atoms with Crippen molar-refractivity contribution in [2.75, 3.05) is 13.1 Å². The Balaban J connectivity index is 1.68. The zero-order chi connectivity index (χ0) is 17.2. The van der Waals surface area contributed by atoms with Gasteiger partial charge in [-0.2, -0.15) is 5.26 Å². The van der Waals surface area contributed by atoms with E-state index >= 15 is 0 Å². The SMILES string of the molecule is N#Cc1ccc(Cn2cnc3c(C4CCNCC4)cccc32)c(F)c1. The summed E-state index contributed by atoms with van der Waals surface area (Å²) in [4.78, 5) is 4.62. The number of nitrogens with zero attached hydrogens (tertiary/aromatic N) is 3. The van der Waals surface area contributed by atoms with Crippen LogP contribution in [-0.2, 0) is 6.54 Å². The lowest BCUT2D eigenvalue weighted by atomic mass is 9.89. The number of hydrogen-bond acceptors (Lipinski definition) is 3. The highest BCUT2D eigenvalue weighted by Gasteiger charge is 2.19. The molecule has 4 nitrogen and oxygen atoms in total. The van der Waals surface area contributed by atoms with E-state index in [4.69, 9.17) is 5.26 Å². The monoisotopic (exact) mass is 334 g/mol. The van der Waals surface area contributed by atoms with Crippen LogP contribution in [0.2, 0.25) is 0 Å². The van der Waals surface area contributed by atoms with Gasteiger partial charge < -0.3 is 9.88 Å². The smallest absolute Gasteiger partial charge is 0.129 e. The first-order valence-electron chi connectivity index (χ1n) is 8.59. The minimum absolute atomic E-state index is 0.338. The van der Waals surface area contributed by atoms with Crippen molar-refractivity contribution in [3.8, 4) is 6.07 Å². The van der Waals surface area contributed by atoms with Gasteiger partial charge in [-0.1, -0.05) is 18.2 Å². The molecular weight excluding hydrogens is 315 g/mol. The summed E-state index contributed by atoms with van der Waals surface area (Å²) in [5, 5.41) is 12.3. The van der Waals surface area contributed by atoms with Gasteiger partial charge in [-0.25, -0.2) is 9.37 Å². The molecule has 0 bridgehead atoms. The van der Waals surface area contributed by atoms with Crippen LogP contribution >= 0.6 is 0 Å². The summed E-state index contributed by atoms with van der Waals surface area (Å²) < 4.78 is 16.2. The Bertz CT molecular complexity index is 948. The van der Waals surface area contributed by atoms with Gasteiger partial charge in [-0.05, 0) is 55.6 Å². The van der Waals surface area contributed by atoms with Crippen molar-refractivity contribution in [1.82, 2.24) is 14.9 Å². The first kappa shape index (κ1) is 15.8. The van der Waals surface area contributed by atoms with E-state index in [-0.39, 0.29) is 5.82 Å². The number of halogens is 1. The van der Waals surface area contributed by atoms with Gasteiger partial charge in [0.2, 0.25) is 0 Å². The van der Waals surface area contributed by atoms with Crippen LogP contribution in [-0.4, -0.2) is 22.6 Å². The molecule has 1 aromatic heterocycles. The molecule has 5 heteroatoms. The van der Waals surface area contributed by atoms with E-state index in [1.807, 2.05) is 16.7 Å². The fraction of sp³-hybridized carbons (Fsp3) is 0.300. The topological polar surface area (TPSA) is 53.6 Å². The predicted octanol–water partition coefficient (Wildman–Crippen LogP) is 3.56. The van der Waals surface area contributed by atoms with Gasteiger partial charge in [0, 0.05) is 5.56 Å². The van der Waals surface area contributed by atoms with Crippen LogP contribution in [0.4, 0.5) is 4.39 Å². The molecule has 1 saturated heterocycles. The highest BCUT2D eigenvalue weighted by molar-refractivity contribution is 5.79. The van der Waals surface area contributed by atoms with Crippen LogP contribution in [0.3, 0.4) is 0 Å². The van der Waals surface area contributed by atoms with Crippen LogP contribution in [0, 0.1) is 17.1 Å². The minimum Gasteiger partial charge on any atom is -0.326 e. The van der Waals surface area contributed by atoms with E-state index in [9.17, 15) is 4.39 Å². The van der Waals surface area contributed by atoms with Crippen molar-refractivity contribution >= 4 is 11.0 Å². The third-order valence-corrected chi connectivity index (χ3v) is 4.98. The molecule has 2 aromatic carbocycles. The summed E-state index contributed by atoms with van der Waals surface area (Å²) >= 11 is 0. The third-order valence-electron chi connectivity index (χ3n) is 4.98. The molecule has 2 heterocycles. The molecule has 0 unspecified atom stereocenters. The number of aromatic nitrogens is 2. The van der Waals surface area contributed by atoms with Gasteiger partial charge in [0.05, 0.1) is 35.5 Å². The summed E-state index contributed by atoms with van der Waals surface area (Å²) in [6, 6.07) is 12.8. The van der Waals surface area contributed by atoms with Gasteiger partial charge in [0.1, 0.15) is 5.82 Å². The summed E-state index contributed by atoms with van der Waals surface area (Å²) in [6.45, 7) is 2.49. The molecule has 1 fully saturated rings. The number of para-hydroxylation sites is 1. The molecule has 0 spiro atoms. The summed E-state index contributed by atoms with van der Waals surface area (Å²) in [5.74, 6) is 0.176. The fourth-order valence-corrected chi connectivity index (χ4v) is 3.63. The van der Waals surface area contributed by atoms with Crippen LogP contribution in [0.25, 0.3) is 11.0 Å². The summed E-state index contributed by atoms with van der Waals surface area (Å²) in [7, 11) is 0. The Hall–Kier alpha value is -2.71. The number of nitriles is 1. The van der Waals surface area contributed by atoms with Gasteiger partial charge in [0.25, 0.3) is 0 Å². The highest BCUT2D eigenvalue weighted by atomic mass is 19.1. The van der Waals surface area contributed by atoms with E-state index in [1.165, 1.54) is 11.6 Å². The van der Waals surface area contributed by atoms with Crippen molar-refractivity contribution < 1.29 is 4.39 Å². The van der Waals surface area contributed by atoms with Crippen molar-refractivity contribution in [3.05, 3.63) is 65.2 Å². The highest BCUT2D eigenvalue weighted by Crippen LogP contribution is 2.31. The Morgan fingerprint density at radius 1 is 1.24 bits per heavy atom. The minimum atomic E-state index is -0.351. The van der Waals surface area contributed by atoms with Crippen molar-refractivity contribution in [2.24, 2.45) is 0 Å². The number of imidazole rings is 1. The predicted molar refractivity (Wildman–Crippen MR) is 94.8 cm³/mol. The second kappa shape index (κ2) is 6.66. The fourth-order valence-electron chi connectivity index (χ4n) is 3.63. The maximum absolute atomic E-state index is 14.2. The average molecular weight is 334 g/mol. The largest absolute Gasteiger partial charge is 0.326 e. The van der Waals surface area contributed by atoms with Crippen LogP contribution in [0.15, 0.2) is 42.7 Å². The number of benzene rings is 2. The van der Waals surface area contributed by atoms with Crippen LogP contribution in [0.1, 0.15) is 35.4 Å². The second-order valence-electron chi connectivity index (χ2n) is 6.53.